The summed E-state index contributed by atoms with van der Waals surface area (Å²) >= 11 is 0. The molecule has 1 aliphatic rings. The number of alkyl halides is 2. The second kappa shape index (κ2) is 7.11. The van der Waals surface area contributed by atoms with Crippen LogP contribution in [-0.4, -0.2) is 49.7 Å². The Morgan fingerprint density at radius 2 is 2.00 bits per heavy atom. The molecule has 0 bridgehead atoms. The number of rotatable bonds is 2. The lowest BCUT2D eigenvalue weighted by molar-refractivity contribution is -0.143. The number of aromatic nitrogens is 1. The summed E-state index contributed by atoms with van der Waals surface area (Å²) in [5, 5.41) is 2.37. The molecule has 6 nitrogen and oxygen atoms in total. The summed E-state index contributed by atoms with van der Waals surface area (Å²) in [5.74, 6) is -4.43. The van der Waals surface area contributed by atoms with Crippen molar-refractivity contribution in [3.8, 4) is 0 Å². The fourth-order valence-electron chi connectivity index (χ4n) is 1.62. The molecule has 9 heteroatoms. The molecule has 1 saturated heterocycles. The highest BCUT2D eigenvalue weighted by Crippen LogP contribution is 2.25. The van der Waals surface area contributed by atoms with Gasteiger partial charge in [-0.2, -0.15) is 0 Å². The zero-order valence-corrected chi connectivity index (χ0v) is 11.4. The maximum Gasteiger partial charge on any atom is 0.354 e. The van der Waals surface area contributed by atoms with E-state index in [9.17, 15) is 22.8 Å². The lowest BCUT2D eigenvalue weighted by atomic mass is 10.2. The second-order valence-electron chi connectivity index (χ2n) is 4.24. The van der Waals surface area contributed by atoms with Gasteiger partial charge in [0.05, 0.1) is 20.8 Å². The lowest BCUT2D eigenvalue weighted by Gasteiger charge is -2.06. The number of hydrogen-bond donors (Lipinski definition) is 2. The van der Waals surface area contributed by atoms with E-state index in [2.05, 4.69) is 19.8 Å². The third kappa shape index (κ3) is 5.10. The maximum absolute atomic E-state index is 12.4. The Labute approximate surface area is 118 Å². The number of ether oxygens (including phenoxy) is 2. The first kappa shape index (κ1) is 17.0. The van der Waals surface area contributed by atoms with Crippen molar-refractivity contribution < 1.29 is 32.2 Å². The smallest absolute Gasteiger partial charge is 0.354 e. The Hall–Kier alpha value is -2.03. The van der Waals surface area contributed by atoms with Crippen molar-refractivity contribution in [2.24, 2.45) is 0 Å². The lowest BCUT2D eigenvalue weighted by Crippen LogP contribution is -2.31. The number of halogens is 3. The zero-order valence-electron chi connectivity index (χ0n) is 11.4. The number of aromatic amines is 1. The molecule has 1 atom stereocenters. The van der Waals surface area contributed by atoms with Gasteiger partial charge in [0.1, 0.15) is 17.6 Å². The van der Waals surface area contributed by atoms with Crippen molar-refractivity contribution >= 4 is 11.9 Å². The van der Waals surface area contributed by atoms with Crippen LogP contribution in [0.1, 0.15) is 16.9 Å². The van der Waals surface area contributed by atoms with E-state index in [1.165, 1.54) is 14.2 Å². The molecular weight excluding hydrogens is 293 g/mol. The van der Waals surface area contributed by atoms with Crippen molar-refractivity contribution in [1.29, 1.82) is 0 Å². The molecule has 1 aromatic rings. The van der Waals surface area contributed by atoms with E-state index in [0.717, 1.165) is 12.3 Å². The van der Waals surface area contributed by atoms with Gasteiger partial charge in [0.15, 0.2) is 0 Å². The van der Waals surface area contributed by atoms with E-state index in [4.69, 9.17) is 0 Å². The molecule has 0 radical (unpaired) electrons. The minimum Gasteiger partial charge on any atom is -0.468 e. The highest BCUT2D eigenvalue weighted by Gasteiger charge is 2.42. The first-order chi connectivity index (χ1) is 9.79. The molecule has 1 fully saturated rings. The highest BCUT2D eigenvalue weighted by atomic mass is 19.3. The van der Waals surface area contributed by atoms with Gasteiger partial charge in [0.25, 0.3) is 5.92 Å². The fourth-order valence-corrected chi connectivity index (χ4v) is 1.62. The van der Waals surface area contributed by atoms with E-state index in [0.29, 0.717) is 0 Å². The van der Waals surface area contributed by atoms with Gasteiger partial charge in [0, 0.05) is 18.7 Å². The van der Waals surface area contributed by atoms with E-state index < -0.39 is 42.7 Å². The first-order valence-electron chi connectivity index (χ1n) is 5.90. The van der Waals surface area contributed by atoms with Crippen LogP contribution in [0.25, 0.3) is 0 Å². The van der Waals surface area contributed by atoms with Crippen LogP contribution in [0, 0.1) is 5.82 Å². The van der Waals surface area contributed by atoms with Crippen LogP contribution in [0.2, 0.25) is 0 Å². The minimum absolute atomic E-state index is 0.125. The molecule has 21 heavy (non-hydrogen) atoms. The fraction of sp³-hybridized carbons (Fsp3) is 0.500. The predicted molar refractivity (Wildman–Crippen MR) is 65.5 cm³/mol. The second-order valence-corrected chi connectivity index (χ2v) is 4.24. The zero-order chi connectivity index (χ0) is 16.0. The van der Waals surface area contributed by atoms with Gasteiger partial charge in [-0.15, -0.1) is 0 Å². The standard InChI is InChI=1S/C6H9F2NO2.C6H6FNO2/c1-11-5(10)4-2-6(7,8)3-9-4;1-10-6(9)5-2-4(7)3-8-5/h4,9H,2-3H2,1H3;2-3,8H,1H3. The Bertz CT molecular complexity index is 504. The molecule has 1 aromatic heterocycles. The van der Waals surface area contributed by atoms with Crippen LogP contribution in [0.3, 0.4) is 0 Å². The molecular formula is C12H15F3N2O4. The van der Waals surface area contributed by atoms with Crippen molar-refractivity contribution in [3.05, 3.63) is 23.8 Å². The van der Waals surface area contributed by atoms with Gasteiger partial charge >= 0.3 is 11.9 Å². The molecule has 0 aromatic carbocycles. The van der Waals surface area contributed by atoms with Crippen molar-refractivity contribution in [3.63, 3.8) is 0 Å². The normalized spacial score (nSPS) is 19.4. The van der Waals surface area contributed by atoms with Crippen molar-refractivity contribution in [2.45, 2.75) is 18.4 Å². The summed E-state index contributed by atoms with van der Waals surface area (Å²) in [4.78, 5) is 23.7. The Morgan fingerprint density at radius 3 is 2.38 bits per heavy atom. The van der Waals surface area contributed by atoms with E-state index in [1.807, 2.05) is 0 Å². The van der Waals surface area contributed by atoms with Crippen LogP contribution in [0.4, 0.5) is 13.2 Å². The quantitative estimate of drug-likeness (QED) is 0.800. The number of carbonyl (C=O) groups excluding carboxylic acids is 2. The molecule has 0 spiro atoms. The number of esters is 2. The molecule has 2 heterocycles. The Balaban J connectivity index is 0.000000211. The van der Waals surface area contributed by atoms with Gasteiger partial charge < -0.3 is 14.5 Å². The largest absolute Gasteiger partial charge is 0.468 e. The van der Waals surface area contributed by atoms with Gasteiger partial charge in [-0.25, -0.2) is 18.0 Å². The maximum atomic E-state index is 12.4. The molecule has 2 N–H and O–H groups in total. The van der Waals surface area contributed by atoms with E-state index >= 15 is 0 Å². The van der Waals surface area contributed by atoms with Crippen LogP contribution >= 0.6 is 0 Å². The van der Waals surface area contributed by atoms with Gasteiger partial charge in [-0.05, 0) is 0 Å². The summed E-state index contributed by atoms with van der Waals surface area (Å²) in [6.45, 7) is -0.438. The van der Waals surface area contributed by atoms with Crippen LogP contribution in [0.5, 0.6) is 0 Å². The third-order valence-corrected chi connectivity index (χ3v) is 2.65. The number of methoxy groups -OCH3 is 2. The summed E-state index contributed by atoms with van der Waals surface area (Å²) < 4.78 is 45.6. The summed E-state index contributed by atoms with van der Waals surface area (Å²) in [7, 11) is 2.42. The van der Waals surface area contributed by atoms with Gasteiger partial charge in [-0.1, -0.05) is 0 Å². The van der Waals surface area contributed by atoms with Crippen LogP contribution < -0.4 is 5.32 Å². The molecule has 2 rings (SSSR count). The Kier molecular flexibility index (Phi) is 5.77. The molecule has 118 valence electrons. The summed E-state index contributed by atoms with van der Waals surface area (Å²) in [5.41, 5.74) is 0.125. The van der Waals surface area contributed by atoms with Crippen molar-refractivity contribution in [1.82, 2.24) is 10.3 Å². The highest BCUT2D eigenvalue weighted by molar-refractivity contribution is 5.87. The number of carbonyl (C=O) groups is 2. The van der Waals surface area contributed by atoms with E-state index in [-0.39, 0.29) is 5.69 Å². The van der Waals surface area contributed by atoms with Crippen LogP contribution in [0.15, 0.2) is 12.3 Å². The Morgan fingerprint density at radius 1 is 1.33 bits per heavy atom. The minimum atomic E-state index is -2.77. The number of H-pyrrole nitrogens is 1. The molecule has 1 unspecified atom stereocenters. The molecule has 0 amide bonds. The average molecular weight is 308 g/mol. The monoisotopic (exact) mass is 308 g/mol. The number of nitrogens with one attached hydrogen (secondary N) is 2. The van der Waals surface area contributed by atoms with Crippen molar-refractivity contribution in [2.75, 3.05) is 20.8 Å². The van der Waals surface area contributed by atoms with E-state index in [1.54, 1.807) is 0 Å². The topological polar surface area (TPSA) is 80.4 Å². The third-order valence-electron chi connectivity index (χ3n) is 2.65. The number of hydrogen-bond acceptors (Lipinski definition) is 5. The van der Waals surface area contributed by atoms with Crippen LogP contribution in [-0.2, 0) is 14.3 Å². The van der Waals surface area contributed by atoms with Gasteiger partial charge in [-0.3, -0.25) is 10.1 Å². The molecule has 0 saturated carbocycles. The molecule has 1 aliphatic heterocycles. The van der Waals surface area contributed by atoms with Gasteiger partial charge in [0.2, 0.25) is 0 Å². The summed E-state index contributed by atoms with van der Waals surface area (Å²) in [6, 6.07) is 0.237. The SMILES string of the molecule is COC(=O)C1CC(F)(F)CN1.COC(=O)c1cc(F)c[nH]1. The average Bonchev–Trinajstić information content (AvgIpc) is 3.03. The first-order valence-corrected chi connectivity index (χ1v) is 5.90. The predicted octanol–water partition coefficient (Wildman–Crippen LogP) is 1.10. The molecule has 0 aliphatic carbocycles. The summed E-state index contributed by atoms with van der Waals surface area (Å²) in [6.07, 6.45) is 0.631.